The van der Waals surface area contributed by atoms with Crippen LogP contribution in [0.15, 0.2) is 0 Å². The molecule has 0 saturated carbocycles. The first-order valence-corrected chi connectivity index (χ1v) is 6.60. The highest BCUT2D eigenvalue weighted by molar-refractivity contribution is 5.89. The van der Waals surface area contributed by atoms with Crippen LogP contribution in [-0.4, -0.2) is 31.0 Å². The second kappa shape index (κ2) is 6.27. The molecule has 1 aliphatic rings. The first-order valence-electron chi connectivity index (χ1n) is 6.60. The van der Waals surface area contributed by atoms with Crippen molar-refractivity contribution in [3.63, 3.8) is 0 Å². The lowest BCUT2D eigenvalue weighted by atomic mass is 9.71. The molecule has 1 heterocycles. The summed E-state index contributed by atoms with van der Waals surface area (Å²) in [5.74, 6) is -0.756. The van der Waals surface area contributed by atoms with E-state index >= 15 is 0 Å². The zero-order valence-electron chi connectivity index (χ0n) is 11.2. The van der Waals surface area contributed by atoms with Gasteiger partial charge in [0.25, 0.3) is 0 Å². The standard InChI is InChI=1S/C13H23FN2O2/c1-3-4-5-9(2)13(12(15)18)6-10(16-8-13)11(17)7-14/h9-10,16H,3-8H2,1-2H3,(H2,15,18). The van der Waals surface area contributed by atoms with Gasteiger partial charge in [-0.3, -0.25) is 9.59 Å². The molecular weight excluding hydrogens is 235 g/mol. The van der Waals surface area contributed by atoms with Gasteiger partial charge in [-0.15, -0.1) is 0 Å². The molecule has 0 aliphatic carbocycles. The van der Waals surface area contributed by atoms with Crippen LogP contribution < -0.4 is 11.1 Å². The molecule has 1 fully saturated rings. The summed E-state index contributed by atoms with van der Waals surface area (Å²) in [6.07, 6.45) is 3.31. The third kappa shape index (κ3) is 2.88. The van der Waals surface area contributed by atoms with Crippen molar-refractivity contribution < 1.29 is 14.0 Å². The molecule has 1 amide bonds. The number of alkyl halides is 1. The smallest absolute Gasteiger partial charge is 0.225 e. The number of rotatable bonds is 7. The lowest BCUT2D eigenvalue weighted by molar-refractivity contribution is -0.130. The monoisotopic (exact) mass is 258 g/mol. The number of Topliss-reactive ketones (excluding diaryl/α,β-unsaturated/α-hetero) is 1. The Morgan fingerprint density at radius 2 is 2.22 bits per heavy atom. The number of nitrogens with two attached hydrogens (primary N) is 1. The van der Waals surface area contributed by atoms with Gasteiger partial charge in [-0.05, 0) is 18.8 Å². The van der Waals surface area contributed by atoms with E-state index in [4.69, 9.17) is 5.73 Å². The summed E-state index contributed by atoms with van der Waals surface area (Å²) in [7, 11) is 0. The molecule has 4 nitrogen and oxygen atoms in total. The molecule has 1 aliphatic heterocycles. The van der Waals surface area contributed by atoms with Crippen LogP contribution in [0.4, 0.5) is 4.39 Å². The number of carbonyl (C=O) groups excluding carboxylic acids is 2. The highest BCUT2D eigenvalue weighted by Crippen LogP contribution is 2.39. The summed E-state index contributed by atoms with van der Waals surface area (Å²) in [6, 6.07) is -0.563. The molecule has 0 aromatic carbocycles. The van der Waals surface area contributed by atoms with Gasteiger partial charge in [0.05, 0.1) is 11.5 Å². The molecule has 0 aromatic heterocycles. The molecule has 3 unspecified atom stereocenters. The third-order valence-corrected chi connectivity index (χ3v) is 4.18. The van der Waals surface area contributed by atoms with Gasteiger partial charge in [-0.2, -0.15) is 0 Å². The van der Waals surface area contributed by atoms with Crippen molar-refractivity contribution in [2.75, 3.05) is 13.2 Å². The summed E-state index contributed by atoms with van der Waals surface area (Å²) < 4.78 is 12.4. The van der Waals surface area contributed by atoms with Crippen LogP contribution in [0.3, 0.4) is 0 Å². The van der Waals surface area contributed by atoms with Crippen molar-refractivity contribution in [3.8, 4) is 0 Å². The van der Waals surface area contributed by atoms with Gasteiger partial charge in [0.1, 0.15) is 6.67 Å². The van der Waals surface area contributed by atoms with Crippen molar-refractivity contribution in [2.24, 2.45) is 17.1 Å². The van der Waals surface area contributed by atoms with Gasteiger partial charge in [0, 0.05) is 6.54 Å². The number of primary amides is 1. The van der Waals surface area contributed by atoms with E-state index in [1.54, 1.807) is 0 Å². The molecule has 0 aromatic rings. The largest absolute Gasteiger partial charge is 0.369 e. The van der Waals surface area contributed by atoms with E-state index in [0.717, 1.165) is 19.3 Å². The Hall–Kier alpha value is -0.970. The van der Waals surface area contributed by atoms with Crippen LogP contribution in [0, 0.1) is 11.3 Å². The predicted octanol–water partition coefficient (Wildman–Crippen LogP) is 1.18. The highest BCUT2D eigenvalue weighted by Gasteiger charge is 2.49. The maximum absolute atomic E-state index is 12.4. The van der Waals surface area contributed by atoms with E-state index in [0.29, 0.717) is 13.0 Å². The fraction of sp³-hybridized carbons (Fsp3) is 0.846. The number of hydrogen-bond donors (Lipinski definition) is 2. The molecule has 18 heavy (non-hydrogen) atoms. The van der Waals surface area contributed by atoms with Gasteiger partial charge in [0.2, 0.25) is 5.91 Å². The van der Waals surface area contributed by atoms with Crippen molar-refractivity contribution in [3.05, 3.63) is 0 Å². The molecule has 3 N–H and O–H groups in total. The molecule has 0 spiro atoms. The number of halogens is 1. The Morgan fingerprint density at radius 3 is 2.72 bits per heavy atom. The third-order valence-electron chi connectivity index (χ3n) is 4.18. The Balaban J connectivity index is 2.78. The summed E-state index contributed by atoms with van der Waals surface area (Å²) in [5.41, 5.74) is 4.82. The van der Waals surface area contributed by atoms with E-state index in [1.807, 2.05) is 6.92 Å². The van der Waals surface area contributed by atoms with Crippen LogP contribution in [0.5, 0.6) is 0 Å². The summed E-state index contributed by atoms with van der Waals surface area (Å²) in [4.78, 5) is 23.1. The normalized spacial score (nSPS) is 29.2. The lowest BCUT2D eigenvalue weighted by Gasteiger charge is -2.31. The lowest BCUT2D eigenvalue weighted by Crippen LogP contribution is -2.44. The quantitative estimate of drug-likeness (QED) is 0.720. The Morgan fingerprint density at radius 1 is 1.56 bits per heavy atom. The van der Waals surface area contributed by atoms with Gasteiger partial charge < -0.3 is 11.1 Å². The number of unbranched alkanes of at least 4 members (excludes halogenated alkanes) is 1. The van der Waals surface area contributed by atoms with Gasteiger partial charge in [0.15, 0.2) is 5.78 Å². The SMILES string of the molecule is CCCCC(C)C1(C(N)=O)CNC(C(=O)CF)C1. The van der Waals surface area contributed by atoms with Crippen molar-refractivity contribution in [2.45, 2.75) is 45.6 Å². The highest BCUT2D eigenvalue weighted by atomic mass is 19.1. The van der Waals surface area contributed by atoms with E-state index in [9.17, 15) is 14.0 Å². The molecule has 1 rings (SSSR count). The minimum Gasteiger partial charge on any atom is -0.369 e. The average molecular weight is 258 g/mol. The first-order chi connectivity index (χ1) is 8.47. The summed E-state index contributed by atoms with van der Waals surface area (Å²) >= 11 is 0. The topological polar surface area (TPSA) is 72.2 Å². The second-order valence-electron chi connectivity index (χ2n) is 5.30. The Bertz CT molecular complexity index is 322. The fourth-order valence-electron chi connectivity index (χ4n) is 2.73. The van der Waals surface area contributed by atoms with Crippen molar-refractivity contribution in [1.29, 1.82) is 0 Å². The molecule has 0 bridgehead atoms. The first kappa shape index (κ1) is 15.1. The zero-order valence-corrected chi connectivity index (χ0v) is 11.2. The number of hydrogen-bond acceptors (Lipinski definition) is 3. The van der Waals surface area contributed by atoms with Gasteiger partial charge in [-0.1, -0.05) is 26.7 Å². The average Bonchev–Trinajstić information content (AvgIpc) is 2.81. The molecular formula is C13H23FN2O2. The minimum atomic E-state index is -0.990. The number of nitrogens with one attached hydrogen (secondary N) is 1. The van der Waals surface area contributed by atoms with E-state index in [1.165, 1.54) is 0 Å². The second-order valence-corrected chi connectivity index (χ2v) is 5.30. The van der Waals surface area contributed by atoms with E-state index in [-0.39, 0.29) is 11.8 Å². The van der Waals surface area contributed by atoms with Crippen LogP contribution >= 0.6 is 0 Å². The fourth-order valence-corrected chi connectivity index (χ4v) is 2.73. The maximum atomic E-state index is 12.4. The minimum absolute atomic E-state index is 0.111. The van der Waals surface area contributed by atoms with Gasteiger partial charge >= 0.3 is 0 Å². The van der Waals surface area contributed by atoms with Crippen LogP contribution in [0.2, 0.25) is 0 Å². The molecule has 3 atom stereocenters. The van der Waals surface area contributed by atoms with Crippen LogP contribution in [0.1, 0.15) is 39.5 Å². The van der Waals surface area contributed by atoms with Crippen LogP contribution in [0.25, 0.3) is 0 Å². The summed E-state index contributed by atoms with van der Waals surface area (Å²) in [5, 5.41) is 2.95. The maximum Gasteiger partial charge on any atom is 0.225 e. The molecule has 1 saturated heterocycles. The number of ketones is 1. The molecule has 5 heteroatoms. The van der Waals surface area contributed by atoms with Crippen molar-refractivity contribution >= 4 is 11.7 Å². The zero-order chi connectivity index (χ0) is 13.8. The predicted molar refractivity (Wildman–Crippen MR) is 67.7 cm³/mol. The Labute approximate surface area is 107 Å². The van der Waals surface area contributed by atoms with Crippen molar-refractivity contribution in [1.82, 2.24) is 5.32 Å². The number of carbonyl (C=O) groups is 2. The summed E-state index contributed by atoms with van der Waals surface area (Å²) in [6.45, 7) is 3.47. The van der Waals surface area contributed by atoms with Gasteiger partial charge in [-0.25, -0.2) is 4.39 Å². The molecule has 104 valence electrons. The van der Waals surface area contributed by atoms with Crippen LogP contribution in [-0.2, 0) is 9.59 Å². The molecule has 0 radical (unpaired) electrons. The Kier molecular flexibility index (Phi) is 5.26. The van der Waals surface area contributed by atoms with E-state index < -0.39 is 23.9 Å². The van der Waals surface area contributed by atoms with E-state index in [2.05, 4.69) is 12.2 Å². The number of amides is 1.